The molecule has 1 unspecified atom stereocenters. The van der Waals surface area contributed by atoms with Crippen molar-refractivity contribution >= 4 is 23.8 Å². The number of allylic oxidation sites excluding steroid dienone is 2. The summed E-state index contributed by atoms with van der Waals surface area (Å²) in [4.78, 5) is 25.5. The molecule has 0 spiro atoms. The van der Waals surface area contributed by atoms with E-state index in [-0.39, 0.29) is 40.7 Å². The number of carbonyl (C=O) groups is 1. The minimum Gasteiger partial charge on any atom is -0.307 e. The molecule has 0 saturated heterocycles. The van der Waals surface area contributed by atoms with Crippen molar-refractivity contribution in [2.45, 2.75) is 31.7 Å². The van der Waals surface area contributed by atoms with Crippen LogP contribution in [0.1, 0.15) is 39.6 Å². The highest BCUT2D eigenvalue weighted by Gasteiger charge is 2.47. The monoisotopic (exact) mass is 588 g/mol. The SMILES string of the molecule is N[N+]12C=CN=CC1=C([C@H]1CCn3c(nnc3C(F)(F)F)C1)N=C2c1ccc(C(=O)Nc2cc(C(F)(F)F)ccn2)cc1. The van der Waals surface area contributed by atoms with Gasteiger partial charge in [-0.1, -0.05) is 0 Å². The third-order valence-electron chi connectivity index (χ3n) is 7.15. The largest absolute Gasteiger partial charge is 0.451 e. The highest BCUT2D eigenvalue weighted by Crippen LogP contribution is 2.39. The van der Waals surface area contributed by atoms with Crippen molar-refractivity contribution in [3.8, 4) is 0 Å². The minimum absolute atomic E-state index is 0.0472. The van der Waals surface area contributed by atoms with E-state index in [0.29, 0.717) is 29.2 Å². The molecule has 3 aliphatic rings. The van der Waals surface area contributed by atoms with Gasteiger partial charge in [-0.3, -0.25) is 9.79 Å². The number of aromatic nitrogens is 4. The van der Waals surface area contributed by atoms with Gasteiger partial charge in [-0.25, -0.2) is 4.98 Å². The second-order valence-electron chi connectivity index (χ2n) is 9.80. The number of carbonyl (C=O) groups excluding carboxylic acids is 1. The molecule has 6 rings (SSSR count). The fourth-order valence-electron chi connectivity index (χ4n) is 5.11. The molecule has 2 atom stereocenters. The van der Waals surface area contributed by atoms with Gasteiger partial charge in [0.05, 0.1) is 23.5 Å². The van der Waals surface area contributed by atoms with Crippen molar-refractivity contribution in [1.82, 2.24) is 19.7 Å². The number of nitrogens with one attached hydrogen (secondary N) is 1. The maximum absolute atomic E-state index is 13.3. The van der Waals surface area contributed by atoms with Crippen LogP contribution in [0.25, 0.3) is 0 Å². The lowest BCUT2D eigenvalue weighted by Crippen LogP contribution is -2.53. The number of nitrogens with two attached hydrogens (primary N) is 1. The van der Waals surface area contributed by atoms with E-state index < -0.39 is 29.6 Å². The van der Waals surface area contributed by atoms with Crippen LogP contribution in [0.5, 0.6) is 0 Å². The number of hydrogen-bond donors (Lipinski definition) is 2. The van der Waals surface area contributed by atoms with Gasteiger partial charge in [0.25, 0.3) is 11.7 Å². The number of fused-ring (bicyclic) bond motifs is 2. The average Bonchev–Trinajstić information content (AvgIpc) is 3.51. The summed E-state index contributed by atoms with van der Waals surface area (Å²) in [6.45, 7) is 0.0472. The number of amidine groups is 1. The first-order valence-corrected chi connectivity index (χ1v) is 12.5. The molecule has 16 heteroatoms. The first-order chi connectivity index (χ1) is 19.8. The second kappa shape index (κ2) is 9.70. The van der Waals surface area contributed by atoms with E-state index in [0.717, 1.165) is 22.9 Å². The van der Waals surface area contributed by atoms with Crippen LogP contribution in [-0.4, -0.2) is 42.3 Å². The van der Waals surface area contributed by atoms with Crippen LogP contribution in [0.4, 0.5) is 32.2 Å². The molecule has 0 saturated carbocycles. The Hall–Kier alpha value is -4.70. The molecule has 0 aliphatic carbocycles. The highest BCUT2D eigenvalue weighted by molar-refractivity contribution is 6.05. The fraction of sp³-hybridized carbons (Fsp3) is 0.231. The lowest BCUT2D eigenvalue weighted by atomic mass is 9.93. The van der Waals surface area contributed by atoms with Gasteiger partial charge in [-0.05, 0) is 42.8 Å². The van der Waals surface area contributed by atoms with E-state index in [1.807, 2.05) is 0 Å². The third-order valence-corrected chi connectivity index (χ3v) is 7.15. The predicted molar refractivity (Wildman–Crippen MR) is 136 cm³/mol. The zero-order chi connectivity index (χ0) is 29.9. The van der Waals surface area contributed by atoms with E-state index in [1.165, 1.54) is 18.3 Å². The molecule has 1 amide bonds. The number of nitrogens with zero attached hydrogens (tertiary/aromatic N) is 7. The second-order valence-corrected chi connectivity index (χ2v) is 9.80. The molecular formula is C26H20F6N9O+. The molecule has 1 aromatic carbocycles. The number of alkyl halides is 6. The van der Waals surface area contributed by atoms with Crippen LogP contribution in [-0.2, 0) is 25.3 Å². The highest BCUT2D eigenvalue weighted by atomic mass is 19.4. The van der Waals surface area contributed by atoms with Gasteiger partial charge >= 0.3 is 12.4 Å². The quantitative estimate of drug-likeness (QED) is 0.265. The first-order valence-electron chi connectivity index (χ1n) is 12.5. The predicted octanol–water partition coefficient (Wildman–Crippen LogP) is 4.44. The molecule has 0 fully saturated rings. The summed E-state index contributed by atoms with van der Waals surface area (Å²) < 4.78 is 79.6. The maximum Gasteiger partial charge on any atom is 0.451 e. The molecule has 0 bridgehead atoms. The van der Waals surface area contributed by atoms with Crippen molar-refractivity contribution in [2.75, 3.05) is 5.32 Å². The van der Waals surface area contributed by atoms with E-state index in [1.54, 1.807) is 24.5 Å². The molecule has 0 radical (unpaired) electrons. The maximum atomic E-state index is 13.3. The topological polar surface area (TPSA) is 123 Å². The van der Waals surface area contributed by atoms with Crippen LogP contribution in [0, 0.1) is 5.92 Å². The molecule has 42 heavy (non-hydrogen) atoms. The smallest absolute Gasteiger partial charge is 0.307 e. The van der Waals surface area contributed by atoms with Crippen LogP contribution in [0.15, 0.2) is 76.4 Å². The van der Waals surface area contributed by atoms with Crippen molar-refractivity contribution in [1.29, 1.82) is 0 Å². The molecule has 10 nitrogen and oxygen atoms in total. The van der Waals surface area contributed by atoms with Gasteiger partial charge in [0, 0.05) is 30.6 Å². The van der Waals surface area contributed by atoms with E-state index in [9.17, 15) is 31.1 Å². The molecule has 3 N–H and O–H groups in total. The number of rotatable bonds is 4. The number of anilines is 1. The van der Waals surface area contributed by atoms with Gasteiger partial charge < -0.3 is 9.88 Å². The Labute approximate surface area is 233 Å². The molecule has 216 valence electrons. The number of halogens is 6. The number of pyridine rings is 1. The normalized spacial score (nSPS) is 21.7. The summed E-state index contributed by atoms with van der Waals surface area (Å²) in [5.41, 5.74) is 0.837. The van der Waals surface area contributed by atoms with E-state index in [2.05, 4.69) is 25.5 Å². The molecule has 2 aromatic heterocycles. The average molecular weight is 588 g/mol. The van der Waals surface area contributed by atoms with E-state index >= 15 is 0 Å². The summed E-state index contributed by atoms with van der Waals surface area (Å²) in [7, 11) is 0. The summed E-state index contributed by atoms with van der Waals surface area (Å²) in [6, 6.07) is 7.65. The van der Waals surface area contributed by atoms with Crippen molar-refractivity contribution < 1.29 is 35.7 Å². The van der Waals surface area contributed by atoms with Gasteiger partial charge in [0.1, 0.15) is 23.5 Å². The lowest BCUT2D eigenvalue weighted by molar-refractivity contribution is -0.750. The van der Waals surface area contributed by atoms with Crippen LogP contribution in [0.2, 0.25) is 0 Å². The van der Waals surface area contributed by atoms with Crippen LogP contribution >= 0.6 is 0 Å². The first kappa shape index (κ1) is 27.5. The van der Waals surface area contributed by atoms with E-state index in [4.69, 9.17) is 10.8 Å². The van der Waals surface area contributed by atoms with Crippen LogP contribution < -0.4 is 11.2 Å². The minimum atomic E-state index is -4.62. The third kappa shape index (κ3) is 4.77. The Morgan fingerprint density at radius 3 is 2.52 bits per heavy atom. The Morgan fingerprint density at radius 1 is 1.05 bits per heavy atom. The van der Waals surface area contributed by atoms with Gasteiger partial charge in [-0.15, -0.1) is 14.8 Å². The number of benzene rings is 1. The zero-order valence-electron chi connectivity index (χ0n) is 21.4. The number of hydrogen-bond acceptors (Lipinski definition) is 7. The van der Waals surface area contributed by atoms with Gasteiger partial charge in [0.15, 0.2) is 0 Å². The number of quaternary nitrogens is 1. The lowest BCUT2D eigenvalue weighted by Gasteiger charge is -2.27. The number of aliphatic imine (C=N–C) groups is 2. The summed E-state index contributed by atoms with van der Waals surface area (Å²) in [6.07, 6.45) is -3.09. The molecule has 5 heterocycles. The van der Waals surface area contributed by atoms with Gasteiger partial charge in [-0.2, -0.15) is 37.2 Å². The Morgan fingerprint density at radius 2 is 1.81 bits per heavy atom. The Bertz CT molecular complexity index is 1700. The standard InChI is InChI=1S/C26H19F6N9O/c27-25(28,29)17-5-7-35-19(12-17)36-23(42)15-3-1-14(2-4-15)22-37-21(18-13-34-8-10-41(18,22)33)16-6-9-40-20(11-16)38-39-24(40)26(30,31)32/h1-5,7-8,10,12-13,16H,6,9,11,33H2/p+1/t16-,41?/m0/s1. The van der Waals surface area contributed by atoms with Crippen molar-refractivity contribution in [2.24, 2.45) is 21.7 Å². The summed E-state index contributed by atoms with van der Waals surface area (Å²) in [5.74, 6) is 5.06. The zero-order valence-corrected chi connectivity index (χ0v) is 21.4. The van der Waals surface area contributed by atoms with Crippen LogP contribution in [0.3, 0.4) is 0 Å². The fourth-order valence-corrected chi connectivity index (χ4v) is 5.11. The molecular weight excluding hydrogens is 568 g/mol. The molecule has 3 aliphatic heterocycles. The Balaban J connectivity index is 1.25. The van der Waals surface area contributed by atoms with Crippen molar-refractivity contribution in [3.05, 3.63) is 94.7 Å². The summed E-state index contributed by atoms with van der Waals surface area (Å²) in [5, 5.41) is 9.44. The number of amides is 1. The Kier molecular flexibility index (Phi) is 6.34. The molecule has 3 aromatic rings. The van der Waals surface area contributed by atoms with Gasteiger partial charge in [0.2, 0.25) is 11.5 Å². The summed E-state index contributed by atoms with van der Waals surface area (Å²) >= 11 is 0. The van der Waals surface area contributed by atoms with Crippen molar-refractivity contribution in [3.63, 3.8) is 0 Å².